The van der Waals surface area contributed by atoms with Crippen molar-refractivity contribution in [2.75, 3.05) is 0 Å². The van der Waals surface area contributed by atoms with Gasteiger partial charge in [0.15, 0.2) is 0 Å². The first-order valence-electron chi connectivity index (χ1n) is 6.70. The summed E-state index contributed by atoms with van der Waals surface area (Å²) in [6, 6.07) is 7.64. The van der Waals surface area contributed by atoms with Gasteiger partial charge in [-0.25, -0.2) is 0 Å². The van der Waals surface area contributed by atoms with Crippen molar-refractivity contribution in [3.8, 4) is 0 Å². The van der Waals surface area contributed by atoms with Crippen molar-refractivity contribution in [2.24, 2.45) is 11.8 Å². The summed E-state index contributed by atoms with van der Waals surface area (Å²) in [6.45, 7) is 1.93. The normalized spacial score (nSPS) is 27.8. The molecule has 2 aliphatic rings. The van der Waals surface area contributed by atoms with E-state index in [9.17, 15) is 9.59 Å². The number of benzene rings is 1. The molecule has 2 amide bonds. The molecule has 3 unspecified atom stereocenters. The zero-order chi connectivity index (χ0) is 13.6. The molecule has 0 radical (unpaired) electrons. The Balaban J connectivity index is 1.92. The van der Waals surface area contributed by atoms with E-state index in [2.05, 4.69) is 15.9 Å². The number of likely N-dealkylation sites (tertiary alicyclic amines) is 1. The van der Waals surface area contributed by atoms with Gasteiger partial charge in [-0.3, -0.25) is 14.5 Å². The summed E-state index contributed by atoms with van der Waals surface area (Å²) in [5, 5.41) is 0. The molecule has 100 valence electrons. The standard InChI is InChI=1S/C15H16BrNO2/c1-9(10-3-2-4-13(16)8-10)17-14(18)11-5-6-12(7-11)15(17)19/h2-4,8-9,11-12H,5-7H2,1H3. The van der Waals surface area contributed by atoms with E-state index in [0.717, 1.165) is 29.3 Å². The van der Waals surface area contributed by atoms with E-state index >= 15 is 0 Å². The number of imide groups is 1. The number of halogens is 1. The molecule has 1 aliphatic heterocycles. The van der Waals surface area contributed by atoms with Crippen LogP contribution in [0.5, 0.6) is 0 Å². The van der Waals surface area contributed by atoms with Crippen LogP contribution in [0.15, 0.2) is 28.7 Å². The van der Waals surface area contributed by atoms with Crippen LogP contribution in [-0.2, 0) is 9.59 Å². The van der Waals surface area contributed by atoms with Gasteiger partial charge in [-0.05, 0) is 43.9 Å². The summed E-state index contributed by atoms with van der Waals surface area (Å²) < 4.78 is 0.969. The Labute approximate surface area is 121 Å². The monoisotopic (exact) mass is 321 g/mol. The molecule has 0 aromatic heterocycles. The quantitative estimate of drug-likeness (QED) is 0.784. The molecule has 19 heavy (non-hydrogen) atoms. The van der Waals surface area contributed by atoms with Gasteiger partial charge < -0.3 is 0 Å². The zero-order valence-electron chi connectivity index (χ0n) is 10.8. The lowest BCUT2D eigenvalue weighted by Crippen LogP contribution is -2.47. The summed E-state index contributed by atoms with van der Waals surface area (Å²) in [4.78, 5) is 26.3. The molecule has 0 spiro atoms. The maximum absolute atomic E-state index is 12.4. The molecular formula is C15H16BrNO2. The van der Waals surface area contributed by atoms with Gasteiger partial charge in [0.2, 0.25) is 11.8 Å². The molecule has 1 aromatic carbocycles. The van der Waals surface area contributed by atoms with E-state index in [1.54, 1.807) is 0 Å². The van der Waals surface area contributed by atoms with Gasteiger partial charge in [0.1, 0.15) is 0 Å². The molecule has 0 N–H and O–H groups in total. The van der Waals surface area contributed by atoms with Crippen molar-refractivity contribution in [1.29, 1.82) is 0 Å². The lowest BCUT2D eigenvalue weighted by molar-refractivity contribution is -0.155. The van der Waals surface area contributed by atoms with E-state index in [-0.39, 0.29) is 29.7 Å². The maximum atomic E-state index is 12.4. The minimum absolute atomic E-state index is 0.0197. The van der Waals surface area contributed by atoms with Crippen LogP contribution in [0, 0.1) is 11.8 Å². The van der Waals surface area contributed by atoms with E-state index in [4.69, 9.17) is 0 Å². The molecule has 1 saturated carbocycles. The molecule has 2 fully saturated rings. The van der Waals surface area contributed by atoms with E-state index in [0.29, 0.717) is 0 Å². The maximum Gasteiger partial charge on any atom is 0.232 e. The van der Waals surface area contributed by atoms with Crippen LogP contribution in [0.3, 0.4) is 0 Å². The average Bonchev–Trinajstić information content (AvgIpc) is 2.83. The third kappa shape index (κ3) is 2.12. The molecule has 1 aliphatic carbocycles. The number of hydrogen-bond acceptors (Lipinski definition) is 2. The summed E-state index contributed by atoms with van der Waals surface area (Å²) in [5.74, 6) is 0.173. The first kappa shape index (κ1) is 12.9. The molecule has 4 heteroatoms. The smallest absolute Gasteiger partial charge is 0.232 e. The first-order chi connectivity index (χ1) is 9.08. The second-order valence-electron chi connectivity index (χ2n) is 5.48. The number of piperidine rings is 1. The van der Waals surface area contributed by atoms with Crippen LogP contribution in [-0.4, -0.2) is 16.7 Å². The fourth-order valence-electron chi connectivity index (χ4n) is 3.23. The highest BCUT2D eigenvalue weighted by Crippen LogP contribution is 2.41. The van der Waals surface area contributed by atoms with Crippen LogP contribution in [0.2, 0.25) is 0 Å². The molecule has 3 nitrogen and oxygen atoms in total. The number of hydrogen-bond donors (Lipinski definition) is 0. The second-order valence-corrected chi connectivity index (χ2v) is 6.40. The zero-order valence-corrected chi connectivity index (χ0v) is 12.4. The van der Waals surface area contributed by atoms with Crippen LogP contribution in [0.4, 0.5) is 0 Å². The van der Waals surface area contributed by atoms with Gasteiger partial charge in [0.25, 0.3) is 0 Å². The van der Waals surface area contributed by atoms with E-state index in [1.807, 2.05) is 31.2 Å². The first-order valence-corrected chi connectivity index (χ1v) is 7.49. The summed E-state index contributed by atoms with van der Waals surface area (Å²) in [7, 11) is 0. The Bertz CT molecular complexity index is 521. The van der Waals surface area contributed by atoms with Crippen molar-refractivity contribution < 1.29 is 9.59 Å². The summed E-state index contributed by atoms with van der Waals surface area (Å²) >= 11 is 3.43. The topological polar surface area (TPSA) is 37.4 Å². The Kier molecular flexibility index (Phi) is 3.21. The predicted molar refractivity (Wildman–Crippen MR) is 75.2 cm³/mol. The third-order valence-electron chi connectivity index (χ3n) is 4.32. The summed E-state index contributed by atoms with van der Waals surface area (Å²) in [5.41, 5.74) is 0.998. The molecule has 1 saturated heterocycles. The molecule has 3 rings (SSSR count). The van der Waals surface area contributed by atoms with Crippen LogP contribution >= 0.6 is 15.9 Å². The molecular weight excluding hydrogens is 306 g/mol. The van der Waals surface area contributed by atoms with Gasteiger partial charge in [-0.2, -0.15) is 0 Å². The average molecular weight is 322 g/mol. The van der Waals surface area contributed by atoms with Crippen molar-refractivity contribution in [1.82, 2.24) is 4.90 Å². The fraction of sp³-hybridized carbons (Fsp3) is 0.467. The van der Waals surface area contributed by atoms with Gasteiger partial charge >= 0.3 is 0 Å². The number of amides is 2. The predicted octanol–water partition coefficient (Wildman–Crippen LogP) is 3.30. The summed E-state index contributed by atoms with van der Waals surface area (Å²) in [6.07, 6.45) is 2.51. The van der Waals surface area contributed by atoms with Crippen molar-refractivity contribution in [3.63, 3.8) is 0 Å². The number of rotatable bonds is 2. The molecule has 1 aromatic rings. The lowest BCUT2D eigenvalue weighted by Gasteiger charge is -2.34. The minimum atomic E-state index is -0.180. The van der Waals surface area contributed by atoms with Gasteiger partial charge in [-0.1, -0.05) is 28.1 Å². The SMILES string of the molecule is CC(c1cccc(Br)c1)N1C(=O)C2CCC(C2)C1=O. The van der Waals surface area contributed by atoms with Crippen molar-refractivity contribution in [2.45, 2.75) is 32.2 Å². The lowest BCUT2D eigenvalue weighted by atomic mass is 9.94. The van der Waals surface area contributed by atoms with Crippen LogP contribution < -0.4 is 0 Å². The highest BCUT2D eigenvalue weighted by molar-refractivity contribution is 9.10. The van der Waals surface area contributed by atoms with Gasteiger partial charge in [0, 0.05) is 16.3 Å². The van der Waals surface area contributed by atoms with Crippen molar-refractivity contribution >= 4 is 27.7 Å². The fourth-order valence-corrected chi connectivity index (χ4v) is 3.65. The molecule has 2 bridgehead atoms. The van der Waals surface area contributed by atoms with Gasteiger partial charge in [0.05, 0.1) is 6.04 Å². The minimum Gasteiger partial charge on any atom is -0.275 e. The number of carbonyl (C=O) groups excluding carboxylic acids is 2. The Morgan fingerprint density at radius 1 is 1.21 bits per heavy atom. The highest BCUT2D eigenvalue weighted by Gasteiger charge is 2.46. The Morgan fingerprint density at radius 3 is 2.42 bits per heavy atom. The highest BCUT2D eigenvalue weighted by atomic mass is 79.9. The number of fused-ring (bicyclic) bond motifs is 2. The van der Waals surface area contributed by atoms with Crippen molar-refractivity contribution in [3.05, 3.63) is 34.3 Å². The Hall–Kier alpha value is -1.16. The second kappa shape index (κ2) is 4.75. The van der Waals surface area contributed by atoms with Gasteiger partial charge in [-0.15, -0.1) is 0 Å². The number of carbonyl (C=O) groups is 2. The van der Waals surface area contributed by atoms with E-state index in [1.165, 1.54) is 4.90 Å². The number of nitrogens with zero attached hydrogens (tertiary/aromatic N) is 1. The third-order valence-corrected chi connectivity index (χ3v) is 4.82. The van der Waals surface area contributed by atoms with E-state index < -0.39 is 0 Å². The van der Waals surface area contributed by atoms with Crippen LogP contribution in [0.25, 0.3) is 0 Å². The van der Waals surface area contributed by atoms with Crippen LogP contribution in [0.1, 0.15) is 37.8 Å². The largest absolute Gasteiger partial charge is 0.275 e. The Morgan fingerprint density at radius 2 is 1.84 bits per heavy atom. The molecule has 1 heterocycles. The molecule has 3 atom stereocenters.